The SMILES string of the molecule is Cc1cccc(=O)n1CCC12CCC(C)(O1)C1C(=O)N(c3ccc4ccccc4c3C#N)C(=O)C12. The highest BCUT2D eigenvalue weighted by Gasteiger charge is 2.73. The molecule has 2 aromatic carbocycles. The van der Waals surface area contributed by atoms with Crippen LogP contribution in [0.5, 0.6) is 0 Å². The number of nitriles is 1. The van der Waals surface area contributed by atoms with Gasteiger partial charge in [0.2, 0.25) is 11.8 Å². The van der Waals surface area contributed by atoms with Crippen molar-refractivity contribution < 1.29 is 14.3 Å². The van der Waals surface area contributed by atoms with Crippen LogP contribution < -0.4 is 10.5 Å². The molecule has 0 N–H and O–H groups in total. The van der Waals surface area contributed by atoms with Crippen LogP contribution in [0.2, 0.25) is 0 Å². The van der Waals surface area contributed by atoms with Gasteiger partial charge in [-0.25, -0.2) is 4.90 Å². The number of benzene rings is 2. The molecule has 3 saturated heterocycles. The number of nitrogens with zero attached hydrogens (tertiary/aromatic N) is 3. The number of aryl methyl sites for hydroxylation is 1. The smallest absolute Gasteiger partial charge is 0.250 e. The van der Waals surface area contributed by atoms with Gasteiger partial charge in [-0.15, -0.1) is 0 Å². The normalized spacial score (nSPS) is 29.1. The number of carbonyl (C=O) groups excluding carboxylic acids is 2. The third-order valence-electron chi connectivity index (χ3n) is 8.30. The molecule has 176 valence electrons. The first-order chi connectivity index (χ1) is 16.8. The molecule has 0 aliphatic carbocycles. The van der Waals surface area contributed by atoms with Crippen LogP contribution in [0.4, 0.5) is 5.69 Å². The van der Waals surface area contributed by atoms with Gasteiger partial charge >= 0.3 is 0 Å². The minimum Gasteiger partial charge on any atom is -0.367 e. The lowest BCUT2D eigenvalue weighted by Gasteiger charge is -2.31. The summed E-state index contributed by atoms with van der Waals surface area (Å²) in [6.07, 6.45) is 1.79. The highest BCUT2D eigenvalue weighted by molar-refractivity contribution is 6.24. The Balaban J connectivity index is 1.41. The lowest BCUT2D eigenvalue weighted by atomic mass is 9.67. The van der Waals surface area contributed by atoms with Crippen LogP contribution in [0.1, 0.15) is 37.4 Å². The molecular formula is C28H25N3O4. The predicted molar refractivity (Wildman–Crippen MR) is 130 cm³/mol. The molecule has 1 aromatic heterocycles. The Hall–Kier alpha value is -3.76. The minimum absolute atomic E-state index is 0.0954. The van der Waals surface area contributed by atoms with Crippen LogP contribution in [-0.2, 0) is 20.9 Å². The molecule has 4 atom stereocenters. The number of carbonyl (C=O) groups is 2. The highest BCUT2D eigenvalue weighted by Crippen LogP contribution is 2.62. The Bertz CT molecular complexity index is 1520. The lowest BCUT2D eigenvalue weighted by Crippen LogP contribution is -2.43. The van der Waals surface area contributed by atoms with Crippen LogP contribution in [0, 0.1) is 30.1 Å². The molecule has 2 bridgehead atoms. The van der Waals surface area contributed by atoms with E-state index in [4.69, 9.17) is 4.74 Å². The predicted octanol–water partition coefficient (Wildman–Crippen LogP) is 3.70. The van der Waals surface area contributed by atoms with Gasteiger partial charge in [-0.05, 0) is 50.6 Å². The standard InChI is InChI=1S/C28H25N3O4/c1-17-6-5-9-22(32)30(17)15-14-28-13-12-27(2,35-28)23-24(28)26(34)31(25(23)33)21-11-10-18-7-3-4-8-19(18)20(21)16-29/h3-11,23-24H,12-15H2,1-2H3. The summed E-state index contributed by atoms with van der Waals surface area (Å²) < 4.78 is 8.21. The van der Waals surface area contributed by atoms with Crippen LogP contribution in [0.15, 0.2) is 59.4 Å². The molecule has 0 radical (unpaired) electrons. The quantitative estimate of drug-likeness (QED) is 0.546. The number of imide groups is 1. The van der Waals surface area contributed by atoms with E-state index < -0.39 is 23.0 Å². The van der Waals surface area contributed by atoms with Gasteiger partial charge in [0.15, 0.2) is 0 Å². The van der Waals surface area contributed by atoms with Gasteiger partial charge in [-0.2, -0.15) is 5.26 Å². The number of amides is 2. The Morgan fingerprint density at radius 1 is 1.00 bits per heavy atom. The first-order valence-corrected chi connectivity index (χ1v) is 12.0. The van der Waals surface area contributed by atoms with E-state index in [1.165, 1.54) is 11.0 Å². The number of ether oxygens (including phenoxy) is 1. The molecule has 4 heterocycles. The van der Waals surface area contributed by atoms with Gasteiger partial charge in [0, 0.05) is 23.7 Å². The fraction of sp³-hybridized carbons (Fsp3) is 0.357. The number of rotatable bonds is 4. The molecule has 2 amide bonds. The van der Waals surface area contributed by atoms with E-state index >= 15 is 0 Å². The number of aromatic nitrogens is 1. The van der Waals surface area contributed by atoms with E-state index in [-0.39, 0.29) is 17.4 Å². The van der Waals surface area contributed by atoms with E-state index in [1.54, 1.807) is 16.7 Å². The Morgan fingerprint density at radius 3 is 2.54 bits per heavy atom. The second-order valence-corrected chi connectivity index (χ2v) is 10.1. The lowest BCUT2D eigenvalue weighted by molar-refractivity contribution is -0.130. The molecule has 6 rings (SSSR count). The molecule has 3 aliphatic rings. The zero-order valence-corrected chi connectivity index (χ0v) is 19.7. The molecule has 3 aliphatic heterocycles. The summed E-state index contributed by atoms with van der Waals surface area (Å²) in [5.41, 5.74) is -0.150. The second-order valence-electron chi connectivity index (χ2n) is 10.1. The molecule has 7 heteroatoms. The average Bonchev–Trinajstić information content (AvgIpc) is 3.42. The molecule has 0 spiro atoms. The number of hydrogen-bond donors (Lipinski definition) is 0. The van der Waals surface area contributed by atoms with Crippen LogP contribution in [0.3, 0.4) is 0 Å². The number of anilines is 1. The molecule has 7 nitrogen and oxygen atoms in total. The van der Waals surface area contributed by atoms with E-state index in [0.717, 1.165) is 11.1 Å². The first kappa shape index (κ1) is 21.8. The molecule has 4 unspecified atom stereocenters. The monoisotopic (exact) mass is 467 g/mol. The minimum atomic E-state index is -0.813. The zero-order valence-electron chi connectivity index (χ0n) is 19.7. The van der Waals surface area contributed by atoms with E-state index in [9.17, 15) is 19.6 Å². The van der Waals surface area contributed by atoms with E-state index in [0.29, 0.717) is 42.4 Å². The third-order valence-corrected chi connectivity index (χ3v) is 8.30. The Morgan fingerprint density at radius 2 is 1.77 bits per heavy atom. The van der Waals surface area contributed by atoms with Gasteiger partial charge in [-0.1, -0.05) is 36.4 Å². The van der Waals surface area contributed by atoms with Gasteiger partial charge in [0.25, 0.3) is 5.56 Å². The van der Waals surface area contributed by atoms with Gasteiger partial charge in [-0.3, -0.25) is 14.4 Å². The largest absolute Gasteiger partial charge is 0.367 e. The van der Waals surface area contributed by atoms with Crippen molar-refractivity contribution in [2.24, 2.45) is 11.8 Å². The molecule has 35 heavy (non-hydrogen) atoms. The van der Waals surface area contributed by atoms with Crippen LogP contribution >= 0.6 is 0 Å². The molecule has 3 fully saturated rings. The number of fused-ring (bicyclic) bond motifs is 6. The summed E-state index contributed by atoms with van der Waals surface area (Å²) in [6.45, 7) is 4.20. The fourth-order valence-corrected chi connectivity index (χ4v) is 6.62. The molecule has 3 aromatic rings. The van der Waals surface area contributed by atoms with Crippen molar-refractivity contribution in [2.45, 2.75) is 50.9 Å². The Kier molecular flexibility index (Phi) is 4.58. The van der Waals surface area contributed by atoms with Gasteiger partial charge < -0.3 is 9.30 Å². The summed E-state index contributed by atoms with van der Waals surface area (Å²) in [7, 11) is 0. The highest BCUT2D eigenvalue weighted by atomic mass is 16.5. The van der Waals surface area contributed by atoms with Crippen molar-refractivity contribution in [3.05, 3.63) is 76.2 Å². The van der Waals surface area contributed by atoms with E-state index in [1.807, 2.05) is 50.2 Å². The second kappa shape index (κ2) is 7.37. The maximum absolute atomic E-state index is 13.9. The van der Waals surface area contributed by atoms with Crippen molar-refractivity contribution in [1.29, 1.82) is 5.26 Å². The summed E-state index contributed by atoms with van der Waals surface area (Å²) in [5, 5.41) is 11.6. The Labute approximate surface area is 202 Å². The number of pyridine rings is 1. The first-order valence-electron chi connectivity index (χ1n) is 12.0. The summed E-state index contributed by atoms with van der Waals surface area (Å²) in [4.78, 5) is 41.4. The zero-order chi connectivity index (χ0) is 24.5. The van der Waals surface area contributed by atoms with E-state index in [2.05, 4.69) is 6.07 Å². The molecule has 0 saturated carbocycles. The van der Waals surface area contributed by atoms with Gasteiger partial charge in [0.05, 0.1) is 34.3 Å². The summed E-state index contributed by atoms with van der Waals surface area (Å²) in [5.74, 6) is -1.85. The van der Waals surface area contributed by atoms with Gasteiger partial charge in [0.1, 0.15) is 6.07 Å². The summed E-state index contributed by atoms with van der Waals surface area (Å²) in [6, 6.07) is 18.4. The van der Waals surface area contributed by atoms with Crippen molar-refractivity contribution in [3.8, 4) is 6.07 Å². The number of hydrogen-bond acceptors (Lipinski definition) is 5. The van der Waals surface area contributed by atoms with Crippen molar-refractivity contribution in [1.82, 2.24) is 4.57 Å². The van der Waals surface area contributed by atoms with Crippen molar-refractivity contribution in [3.63, 3.8) is 0 Å². The third kappa shape index (κ3) is 2.90. The fourth-order valence-electron chi connectivity index (χ4n) is 6.62. The van der Waals surface area contributed by atoms with Crippen molar-refractivity contribution >= 4 is 28.3 Å². The maximum atomic E-state index is 13.9. The average molecular weight is 468 g/mol. The topological polar surface area (TPSA) is 92.4 Å². The molecular weight excluding hydrogens is 442 g/mol. The maximum Gasteiger partial charge on any atom is 0.250 e. The van der Waals surface area contributed by atoms with Crippen LogP contribution in [-0.4, -0.2) is 27.6 Å². The summed E-state index contributed by atoms with van der Waals surface area (Å²) >= 11 is 0. The van der Waals surface area contributed by atoms with Crippen LogP contribution in [0.25, 0.3) is 10.8 Å². The van der Waals surface area contributed by atoms with Crippen molar-refractivity contribution in [2.75, 3.05) is 4.90 Å².